The van der Waals surface area contributed by atoms with Gasteiger partial charge in [-0.2, -0.15) is 0 Å². The van der Waals surface area contributed by atoms with Crippen LogP contribution in [0.1, 0.15) is 10.4 Å². The predicted octanol–water partition coefficient (Wildman–Crippen LogP) is 4.01. The number of thiazole rings is 1. The lowest BCUT2D eigenvalue weighted by atomic mass is 10.3. The Labute approximate surface area is 130 Å². The van der Waals surface area contributed by atoms with Crippen molar-refractivity contribution in [3.63, 3.8) is 0 Å². The van der Waals surface area contributed by atoms with Crippen LogP contribution in [-0.2, 0) is 0 Å². The molecular formula is C13H5ClF3N3OS. The van der Waals surface area contributed by atoms with E-state index in [9.17, 15) is 18.0 Å². The molecule has 0 saturated carbocycles. The highest BCUT2D eigenvalue weighted by Gasteiger charge is 2.19. The lowest BCUT2D eigenvalue weighted by Gasteiger charge is -2.02. The van der Waals surface area contributed by atoms with E-state index >= 15 is 0 Å². The molecule has 0 bridgehead atoms. The SMILES string of the molecule is O=C(Nc1nc2c(F)c(F)c(F)cc2s1)c1cccnc1Cl. The van der Waals surface area contributed by atoms with Gasteiger partial charge in [0, 0.05) is 6.20 Å². The van der Waals surface area contributed by atoms with Gasteiger partial charge in [-0.3, -0.25) is 10.1 Å². The lowest BCUT2D eigenvalue weighted by molar-refractivity contribution is 0.102. The van der Waals surface area contributed by atoms with Crippen LogP contribution in [0, 0.1) is 17.5 Å². The van der Waals surface area contributed by atoms with Gasteiger partial charge < -0.3 is 0 Å². The molecule has 0 aliphatic heterocycles. The van der Waals surface area contributed by atoms with Crippen LogP contribution >= 0.6 is 22.9 Å². The summed E-state index contributed by atoms with van der Waals surface area (Å²) in [5.41, 5.74) is -0.252. The number of aromatic nitrogens is 2. The molecule has 3 aromatic rings. The molecule has 0 unspecified atom stereocenters. The fraction of sp³-hybridized carbons (Fsp3) is 0. The third kappa shape index (κ3) is 2.51. The number of hydrogen-bond acceptors (Lipinski definition) is 4. The smallest absolute Gasteiger partial charge is 0.260 e. The zero-order chi connectivity index (χ0) is 15.9. The van der Waals surface area contributed by atoms with Crippen molar-refractivity contribution in [2.24, 2.45) is 0 Å². The monoisotopic (exact) mass is 343 g/mol. The minimum absolute atomic E-state index is 0.00983. The molecule has 0 atom stereocenters. The standard InChI is InChI=1S/C13H5ClF3N3OS/c14-11-5(2-1-3-18-11)12(21)20-13-19-10-7(22-13)4-6(15)8(16)9(10)17/h1-4H,(H,19,20,21). The number of fused-ring (bicyclic) bond motifs is 1. The Morgan fingerprint density at radius 1 is 1.27 bits per heavy atom. The molecule has 1 N–H and O–H groups in total. The van der Waals surface area contributed by atoms with E-state index in [-0.39, 0.29) is 26.1 Å². The summed E-state index contributed by atoms with van der Waals surface area (Å²) in [5.74, 6) is -4.93. The van der Waals surface area contributed by atoms with Crippen LogP contribution in [0.3, 0.4) is 0 Å². The van der Waals surface area contributed by atoms with Crippen LogP contribution in [0.5, 0.6) is 0 Å². The van der Waals surface area contributed by atoms with Gasteiger partial charge in [-0.25, -0.2) is 23.1 Å². The van der Waals surface area contributed by atoms with Crippen LogP contribution in [0.4, 0.5) is 18.3 Å². The molecule has 112 valence electrons. The molecule has 0 fully saturated rings. The summed E-state index contributed by atoms with van der Waals surface area (Å²) in [7, 11) is 0. The Morgan fingerprint density at radius 2 is 2.05 bits per heavy atom. The molecule has 9 heteroatoms. The summed E-state index contributed by atoms with van der Waals surface area (Å²) in [6.07, 6.45) is 1.41. The summed E-state index contributed by atoms with van der Waals surface area (Å²) < 4.78 is 40.0. The zero-order valence-electron chi connectivity index (χ0n) is 10.5. The number of hydrogen-bond donors (Lipinski definition) is 1. The van der Waals surface area contributed by atoms with Gasteiger partial charge in [0.1, 0.15) is 10.7 Å². The molecule has 22 heavy (non-hydrogen) atoms. The average molecular weight is 344 g/mol. The fourth-order valence-corrected chi connectivity index (χ4v) is 2.84. The Balaban J connectivity index is 1.97. The van der Waals surface area contributed by atoms with Crippen molar-refractivity contribution in [1.29, 1.82) is 0 Å². The maximum Gasteiger partial charge on any atom is 0.260 e. The van der Waals surface area contributed by atoms with Crippen molar-refractivity contribution in [2.45, 2.75) is 0 Å². The molecule has 0 radical (unpaired) electrons. The molecule has 1 aromatic carbocycles. The summed E-state index contributed by atoms with van der Waals surface area (Å²) in [6.45, 7) is 0. The number of pyridine rings is 1. The Kier molecular flexibility index (Phi) is 3.71. The topological polar surface area (TPSA) is 54.9 Å². The fourth-order valence-electron chi connectivity index (χ4n) is 1.75. The molecule has 4 nitrogen and oxygen atoms in total. The molecule has 3 rings (SSSR count). The van der Waals surface area contributed by atoms with Gasteiger partial charge in [0.05, 0.1) is 10.3 Å². The van der Waals surface area contributed by atoms with Gasteiger partial charge in [-0.1, -0.05) is 22.9 Å². The molecule has 0 aliphatic rings. The van der Waals surface area contributed by atoms with E-state index in [0.717, 1.165) is 17.4 Å². The second kappa shape index (κ2) is 5.54. The summed E-state index contributed by atoms with van der Waals surface area (Å²) in [4.78, 5) is 19.5. The Morgan fingerprint density at radius 3 is 2.77 bits per heavy atom. The maximum atomic E-state index is 13.6. The number of halogens is 4. The van der Waals surface area contributed by atoms with Gasteiger partial charge in [-0.05, 0) is 18.2 Å². The normalized spacial score (nSPS) is 10.9. The van der Waals surface area contributed by atoms with E-state index in [1.165, 1.54) is 18.3 Å². The predicted molar refractivity (Wildman–Crippen MR) is 76.7 cm³/mol. The molecule has 0 saturated heterocycles. The van der Waals surface area contributed by atoms with Crippen molar-refractivity contribution in [1.82, 2.24) is 9.97 Å². The molecule has 2 heterocycles. The number of anilines is 1. The summed E-state index contributed by atoms with van der Waals surface area (Å²) >= 11 is 6.59. The molecular weight excluding hydrogens is 339 g/mol. The highest BCUT2D eigenvalue weighted by molar-refractivity contribution is 7.22. The first-order valence-corrected chi connectivity index (χ1v) is 7.02. The van der Waals surface area contributed by atoms with Gasteiger partial charge in [-0.15, -0.1) is 0 Å². The first-order valence-electron chi connectivity index (χ1n) is 5.83. The lowest BCUT2D eigenvalue weighted by Crippen LogP contribution is -2.12. The highest BCUT2D eigenvalue weighted by Crippen LogP contribution is 2.30. The van der Waals surface area contributed by atoms with Crippen LogP contribution in [0.15, 0.2) is 24.4 Å². The molecule has 0 aliphatic carbocycles. The van der Waals surface area contributed by atoms with Crippen molar-refractivity contribution in [2.75, 3.05) is 5.32 Å². The average Bonchev–Trinajstić information content (AvgIpc) is 2.87. The quantitative estimate of drug-likeness (QED) is 0.565. The van der Waals surface area contributed by atoms with Gasteiger partial charge in [0.15, 0.2) is 22.6 Å². The van der Waals surface area contributed by atoms with E-state index in [1.54, 1.807) is 0 Å². The van der Waals surface area contributed by atoms with E-state index in [2.05, 4.69) is 15.3 Å². The van der Waals surface area contributed by atoms with E-state index in [1.807, 2.05) is 0 Å². The van der Waals surface area contributed by atoms with E-state index < -0.39 is 23.4 Å². The number of amides is 1. The number of nitrogens with one attached hydrogen (secondary N) is 1. The zero-order valence-corrected chi connectivity index (χ0v) is 12.1. The number of benzene rings is 1. The Hall–Kier alpha value is -2.19. The largest absolute Gasteiger partial charge is 0.298 e. The number of carbonyl (C=O) groups excluding carboxylic acids is 1. The van der Waals surface area contributed by atoms with E-state index in [4.69, 9.17) is 11.6 Å². The summed E-state index contributed by atoms with van der Waals surface area (Å²) in [5, 5.41) is 2.37. The van der Waals surface area contributed by atoms with Crippen LogP contribution in [0.25, 0.3) is 10.2 Å². The van der Waals surface area contributed by atoms with Crippen molar-refractivity contribution in [3.8, 4) is 0 Å². The maximum absolute atomic E-state index is 13.6. The molecule has 0 spiro atoms. The minimum Gasteiger partial charge on any atom is -0.298 e. The third-order valence-electron chi connectivity index (χ3n) is 2.75. The van der Waals surface area contributed by atoms with E-state index in [0.29, 0.717) is 0 Å². The van der Waals surface area contributed by atoms with Gasteiger partial charge in [0.25, 0.3) is 5.91 Å². The van der Waals surface area contributed by atoms with Gasteiger partial charge >= 0.3 is 0 Å². The van der Waals surface area contributed by atoms with Crippen LogP contribution < -0.4 is 5.32 Å². The molecule has 2 aromatic heterocycles. The second-order valence-electron chi connectivity index (χ2n) is 4.15. The van der Waals surface area contributed by atoms with Crippen LogP contribution in [0.2, 0.25) is 5.15 Å². The van der Waals surface area contributed by atoms with Gasteiger partial charge in [0.2, 0.25) is 0 Å². The number of rotatable bonds is 2. The second-order valence-corrected chi connectivity index (χ2v) is 5.54. The van der Waals surface area contributed by atoms with Crippen molar-refractivity contribution >= 4 is 44.2 Å². The number of nitrogens with zero attached hydrogens (tertiary/aromatic N) is 2. The first kappa shape index (κ1) is 14.7. The van der Waals surface area contributed by atoms with Crippen LogP contribution in [-0.4, -0.2) is 15.9 Å². The molecule has 1 amide bonds. The van der Waals surface area contributed by atoms with Crippen molar-refractivity contribution in [3.05, 3.63) is 52.6 Å². The Bertz CT molecular complexity index is 900. The third-order valence-corrected chi connectivity index (χ3v) is 3.96. The summed E-state index contributed by atoms with van der Waals surface area (Å²) in [6, 6.07) is 3.78. The minimum atomic E-state index is -1.61. The highest BCUT2D eigenvalue weighted by atomic mass is 35.5. The number of carbonyl (C=O) groups is 1. The first-order chi connectivity index (χ1) is 10.5. The van der Waals surface area contributed by atoms with Crippen molar-refractivity contribution < 1.29 is 18.0 Å².